The molecule has 2 aromatic heterocycles. The van der Waals surface area contributed by atoms with Gasteiger partial charge in [0.05, 0.1) is 32.0 Å². The molecule has 0 saturated carbocycles. The number of fused-ring (bicyclic) bond motifs is 3. The van der Waals surface area contributed by atoms with E-state index in [1.165, 1.54) is 13.3 Å². The van der Waals surface area contributed by atoms with Crippen molar-refractivity contribution in [2.24, 2.45) is 0 Å². The molecular weight excluding hydrogens is 234 g/mol. The van der Waals surface area contributed by atoms with E-state index in [-0.39, 0.29) is 5.69 Å². The van der Waals surface area contributed by atoms with Crippen molar-refractivity contribution in [2.45, 2.75) is 13.2 Å². The van der Waals surface area contributed by atoms with Gasteiger partial charge in [0.1, 0.15) is 11.5 Å². The first kappa shape index (κ1) is 10.9. The zero-order chi connectivity index (χ0) is 12.7. The van der Waals surface area contributed by atoms with E-state index < -0.39 is 5.97 Å². The molecule has 0 aromatic carbocycles. The minimum Gasteiger partial charge on any atom is -0.464 e. The molecule has 0 unspecified atom stereocenters. The van der Waals surface area contributed by atoms with E-state index in [1.807, 2.05) is 0 Å². The van der Waals surface area contributed by atoms with Gasteiger partial charge < -0.3 is 15.2 Å². The Morgan fingerprint density at radius 3 is 3.00 bits per heavy atom. The van der Waals surface area contributed by atoms with E-state index >= 15 is 0 Å². The molecule has 1 aliphatic heterocycles. The van der Waals surface area contributed by atoms with E-state index in [9.17, 15) is 4.79 Å². The molecule has 0 bridgehead atoms. The van der Waals surface area contributed by atoms with E-state index in [0.29, 0.717) is 24.5 Å². The molecule has 2 aromatic rings. The first-order valence-corrected chi connectivity index (χ1v) is 5.43. The van der Waals surface area contributed by atoms with Crippen LogP contribution in [0.1, 0.15) is 21.6 Å². The fraction of sp³-hybridized carbons (Fsp3) is 0.250. The van der Waals surface area contributed by atoms with Crippen molar-refractivity contribution in [3.63, 3.8) is 0 Å². The number of methoxy groups -OCH3 is 1. The number of esters is 1. The quantitative estimate of drug-likeness (QED) is 0.755. The second-order valence-corrected chi connectivity index (χ2v) is 4.03. The van der Waals surface area contributed by atoms with E-state index in [4.69, 9.17) is 10.5 Å². The fourth-order valence-corrected chi connectivity index (χ4v) is 2.09. The number of nitrogens with zero attached hydrogens (tertiary/aromatic N) is 2. The van der Waals surface area contributed by atoms with Crippen LogP contribution < -0.4 is 5.73 Å². The average Bonchev–Trinajstić information content (AvgIpc) is 2.88. The molecule has 3 rings (SSSR count). The summed E-state index contributed by atoms with van der Waals surface area (Å²) in [6.45, 7) is 0.934. The second-order valence-electron chi connectivity index (χ2n) is 4.03. The number of ether oxygens (including phenoxy) is 2. The van der Waals surface area contributed by atoms with Crippen LogP contribution in [0.5, 0.6) is 0 Å². The van der Waals surface area contributed by atoms with Crippen molar-refractivity contribution in [3.8, 4) is 0 Å². The molecular formula is C12H11N3O3. The molecule has 0 atom stereocenters. The van der Waals surface area contributed by atoms with Gasteiger partial charge in [-0.15, -0.1) is 0 Å². The molecule has 0 amide bonds. The Hall–Kier alpha value is -2.21. The van der Waals surface area contributed by atoms with Crippen LogP contribution in [0.3, 0.4) is 0 Å². The zero-order valence-electron chi connectivity index (χ0n) is 9.77. The Morgan fingerprint density at radius 1 is 1.44 bits per heavy atom. The standard InChI is InChI=1S/C12H11N3O3/c1-17-12(16)9-2-6-7-4-18-5-8(7)11(13)15-10(6)3-14-9/h2-3H,4-5H2,1H3,(H2,13,15). The normalized spacial score (nSPS) is 13.6. The first-order chi connectivity index (χ1) is 8.70. The van der Waals surface area contributed by atoms with Gasteiger partial charge in [0.25, 0.3) is 0 Å². The number of carbonyl (C=O) groups is 1. The maximum Gasteiger partial charge on any atom is 0.356 e. The highest BCUT2D eigenvalue weighted by atomic mass is 16.5. The Balaban J connectivity index is 2.27. The van der Waals surface area contributed by atoms with Crippen molar-refractivity contribution in [2.75, 3.05) is 12.8 Å². The van der Waals surface area contributed by atoms with Crippen LogP contribution in [-0.4, -0.2) is 23.0 Å². The number of aromatic nitrogens is 2. The van der Waals surface area contributed by atoms with Crippen LogP contribution in [0.4, 0.5) is 5.82 Å². The van der Waals surface area contributed by atoms with Gasteiger partial charge in [-0.1, -0.05) is 0 Å². The Labute approximate surface area is 103 Å². The van der Waals surface area contributed by atoms with E-state index in [1.54, 1.807) is 6.07 Å². The van der Waals surface area contributed by atoms with Crippen LogP contribution in [-0.2, 0) is 22.7 Å². The maximum atomic E-state index is 11.5. The third-order valence-electron chi connectivity index (χ3n) is 3.01. The highest BCUT2D eigenvalue weighted by Gasteiger charge is 2.20. The highest BCUT2D eigenvalue weighted by Crippen LogP contribution is 2.30. The first-order valence-electron chi connectivity index (χ1n) is 5.43. The number of carbonyl (C=O) groups excluding carboxylic acids is 1. The van der Waals surface area contributed by atoms with Crippen LogP contribution >= 0.6 is 0 Å². The van der Waals surface area contributed by atoms with Gasteiger partial charge in [-0.3, -0.25) is 0 Å². The Kier molecular flexibility index (Phi) is 2.38. The van der Waals surface area contributed by atoms with E-state index in [0.717, 1.165) is 16.5 Å². The predicted molar refractivity (Wildman–Crippen MR) is 63.8 cm³/mol. The number of pyridine rings is 2. The summed E-state index contributed by atoms with van der Waals surface area (Å²) in [5.41, 5.74) is 8.63. The average molecular weight is 245 g/mol. The number of anilines is 1. The number of hydrogen-bond acceptors (Lipinski definition) is 6. The van der Waals surface area contributed by atoms with Gasteiger partial charge in [0.15, 0.2) is 0 Å². The number of rotatable bonds is 1. The predicted octanol–water partition coefficient (Wildman–Crippen LogP) is 1.03. The summed E-state index contributed by atoms with van der Waals surface area (Å²) < 4.78 is 10.0. The third kappa shape index (κ3) is 1.50. The molecule has 0 fully saturated rings. The van der Waals surface area contributed by atoms with Crippen molar-refractivity contribution >= 4 is 22.7 Å². The molecule has 0 spiro atoms. The molecule has 1 aliphatic rings. The highest BCUT2D eigenvalue weighted by molar-refractivity contribution is 5.94. The van der Waals surface area contributed by atoms with Gasteiger partial charge in [0.2, 0.25) is 0 Å². The largest absolute Gasteiger partial charge is 0.464 e. The van der Waals surface area contributed by atoms with Gasteiger partial charge in [-0.2, -0.15) is 0 Å². The molecule has 6 nitrogen and oxygen atoms in total. The molecule has 0 aliphatic carbocycles. The van der Waals surface area contributed by atoms with Crippen LogP contribution in [0.15, 0.2) is 12.3 Å². The SMILES string of the molecule is COC(=O)c1cc2c3c(c(N)nc2cn1)COC3. The summed E-state index contributed by atoms with van der Waals surface area (Å²) in [5, 5.41) is 0.840. The molecule has 6 heteroatoms. The Bertz CT molecular complexity index is 655. The number of nitrogen functional groups attached to an aromatic ring is 1. The lowest BCUT2D eigenvalue weighted by molar-refractivity contribution is 0.0594. The van der Waals surface area contributed by atoms with Gasteiger partial charge in [0, 0.05) is 10.9 Å². The summed E-state index contributed by atoms with van der Waals surface area (Å²) in [4.78, 5) is 19.7. The molecule has 0 radical (unpaired) electrons. The fourth-order valence-electron chi connectivity index (χ4n) is 2.09. The van der Waals surface area contributed by atoms with Crippen LogP contribution in [0, 0.1) is 0 Å². The van der Waals surface area contributed by atoms with Gasteiger partial charge >= 0.3 is 5.97 Å². The number of nitrogens with two attached hydrogens (primary N) is 1. The summed E-state index contributed by atoms with van der Waals surface area (Å²) >= 11 is 0. The topological polar surface area (TPSA) is 87.3 Å². The lowest BCUT2D eigenvalue weighted by Crippen LogP contribution is -2.05. The molecule has 0 saturated heterocycles. The molecule has 2 N–H and O–H groups in total. The Morgan fingerprint density at radius 2 is 2.22 bits per heavy atom. The summed E-state index contributed by atoms with van der Waals surface area (Å²) in [6.07, 6.45) is 1.52. The van der Waals surface area contributed by atoms with Crippen LogP contribution in [0.2, 0.25) is 0 Å². The second kappa shape index (κ2) is 3.92. The van der Waals surface area contributed by atoms with Crippen LogP contribution in [0.25, 0.3) is 10.9 Å². The number of hydrogen-bond donors (Lipinski definition) is 1. The van der Waals surface area contributed by atoms with E-state index in [2.05, 4.69) is 14.7 Å². The summed E-state index contributed by atoms with van der Waals surface area (Å²) in [6, 6.07) is 1.67. The third-order valence-corrected chi connectivity index (χ3v) is 3.01. The summed E-state index contributed by atoms with van der Waals surface area (Å²) in [7, 11) is 1.32. The lowest BCUT2D eigenvalue weighted by atomic mass is 10.1. The summed E-state index contributed by atoms with van der Waals surface area (Å²) in [5.74, 6) is -0.0102. The molecule has 92 valence electrons. The minimum atomic E-state index is -0.471. The van der Waals surface area contributed by atoms with Gasteiger partial charge in [-0.05, 0) is 11.6 Å². The maximum absolute atomic E-state index is 11.5. The molecule has 18 heavy (non-hydrogen) atoms. The zero-order valence-corrected chi connectivity index (χ0v) is 9.77. The minimum absolute atomic E-state index is 0.255. The van der Waals surface area contributed by atoms with Crippen molar-refractivity contribution in [1.29, 1.82) is 0 Å². The van der Waals surface area contributed by atoms with Crippen molar-refractivity contribution < 1.29 is 14.3 Å². The monoisotopic (exact) mass is 245 g/mol. The smallest absolute Gasteiger partial charge is 0.356 e. The van der Waals surface area contributed by atoms with Crippen molar-refractivity contribution in [1.82, 2.24) is 9.97 Å². The molecule has 3 heterocycles. The van der Waals surface area contributed by atoms with Gasteiger partial charge in [-0.25, -0.2) is 14.8 Å². The lowest BCUT2D eigenvalue weighted by Gasteiger charge is -2.07. The van der Waals surface area contributed by atoms with Crippen molar-refractivity contribution in [3.05, 3.63) is 29.1 Å².